The second-order valence-electron chi connectivity index (χ2n) is 3.46. The fourth-order valence-corrected chi connectivity index (χ4v) is 1.73. The summed E-state index contributed by atoms with van der Waals surface area (Å²) in [6.07, 6.45) is 7.71. The lowest BCUT2D eigenvalue weighted by Gasteiger charge is -2.16. The normalized spacial score (nSPS) is 12.5. The molecule has 0 spiro atoms. The number of hydrogen-bond donors (Lipinski definition) is 0. The van der Waals surface area contributed by atoms with Crippen LogP contribution in [0.1, 0.15) is 37.2 Å². The molecule has 0 aromatic carbocycles. The van der Waals surface area contributed by atoms with Gasteiger partial charge in [-0.05, 0) is 32.4 Å². The van der Waals surface area contributed by atoms with Crippen molar-refractivity contribution in [1.29, 1.82) is 0 Å². The summed E-state index contributed by atoms with van der Waals surface area (Å²) in [5, 5.41) is 0. The molecule has 0 amide bonds. The van der Waals surface area contributed by atoms with Crippen molar-refractivity contribution in [2.45, 2.75) is 39.7 Å². The highest BCUT2D eigenvalue weighted by Crippen LogP contribution is 2.19. The molecule has 0 saturated carbocycles. The minimum absolute atomic E-state index is 0.236. The van der Waals surface area contributed by atoms with Gasteiger partial charge in [0.05, 0.1) is 6.04 Å². The molecule has 1 heteroatoms. The average molecular weight is 175 g/mol. The lowest BCUT2D eigenvalue weighted by molar-refractivity contribution is 0.547. The minimum Gasteiger partial charge on any atom is -0.335 e. The molecule has 0 radical (unpaired) electrons. The Morgan fingerprint density at radius 3 is 2.31 bits per heavy atom. The van der Waals surface area contributed by atoms with Crippen LogP contribution in [0.3, 0.4) is 0 Å². The van der Waals surface area contributed by atoms with Crippen molar-refractivity contribution in [3.05, 3.63) is 23.5 Å². The quantitative estimate of drug-likeness (QED) is 0.622. The molecule has 1 atom stereocenters. The van der Waals surface area contributed by atoms with Crippen molar-refractivity contribution >= 4 is 0 Å². The molecule has 0 fully saturated rings. The van der Waals surface area contributed by atoms with Crippen LogP contribution in [-0.4, -0.2) is 4.57 Å². The molecule has 13 heavy (non-hydrogen) atoms. The molecule has 0 aliphatic carbocycles. The van der Waals surface area contributed by atoms with Crippen molar-refractivity contribution in [3.8, 4) is 12.3 Å². The number of hydrogen-bond acceptors (Lipinski definition) is 0. The first-order chi connectivity index (χ1) is 6.20. The first-order valence-corrected chi connectivity index (χ1v) is 4.81. The summed E-state index contributed by atoms with van der Waals surface area (Å²) in [4.78, 5) is 0. The van der Waals surface area contributed by atoms with Crippen LogP contribution >= 0.6 is 0 Å². The van der Waals surface area contributed by atoms with E-state index in [2.05, 4.69) is 43.4 Å². The van der Waals surface area contributed by atoms with Crippen LogP contribution in [0.5, 0.6) is 0 Å². The molecule has 1 nitrogen and oxygen atoms in total. The molecule has 0 N–H and O–H groups in total. The number of terminal acetylenes is 1. The van der Waals surface area contributed by atoms with Gasteiger partial charge >= 0.3 is 0 Å². The van der Waals surface area contributed by atoms with E-state index in [1.807, 2.05) is 0 Å². The summed E-state index contributed by atoms with van der Waals surface area (Å²) in [5.41, 5.74) is 2.52. The molecule has 0 bridgehead atoms. The van der Waals surface area contributed by atoms with Crippen molar-refractivity contribution < 1.29 is 0 Å². The van der Waals surface area contributed by atoms with Gasteiger partial charge in [0.15, 0.2) is 0 Å². The maximum atomic E-state index is 5.52. The van der Waals surface area contributed by atoms with Gasteiger partial charge in [-0.3, -0.25) is 0 Å². The van der Waals surface area contributed by atoms with Crippen molar-refractivity contribution in [2.75, 3.05) is 0 Å². The molecule has 1 rings (SSSR count). The predicted octanol–water partition coefficient (Wildman–Crippen LogP) is 3.08. The predicted molar refractivity (Wildman–Crippen MR) is 56.7 cm³/mol. The smallest absolute Gasteiger partial charge is 0.0943 e. The van der Waals surface area contributed by atoms with Crippen molar-refractivity contribution in [3.63, 3.8) is 0 Å². The van der Waals surface area contributed by atoms with Crippen molar-refractivity contribution in [2.24, 2.45) is 0 Å². The van der Waals surface area contributed by atoms with E-state index in [4.69, 9.17) is 6.42 Å². The van der Waals surface area contributed by atoms with E-state index in [-0.39, 0.29) is 6.04 Å². The van der Waals surface area contributed by atoms with Gasteiger partial charge in [-0.2, -0.15) is 0 Å². The maximum absolute atomic E-state index is 5.52. The fraction of sp³-hybridized carbons (Fsp3) is 0.500. The zero-order chi connectivity index (χ0) is 9.84. The highest BCUT2D eigenvalue weighted by Gasteiger charge is 2.09. The Morgan fingerprint density at radius 2 is 1.92 bits per heavy atom. The monoisotopic (exact) mass is 175 g/mol. The van der Waals surface area contributed by atoms with Gasteiger partial charge in [-0.15, -0.1) is 6.42 Å². The standard InChI is InChI=1S/C12H17N/c1-5-7-12(6-2)13-10(3)8-9-11(13)4/h2,8-9,12H,5,7H2,1,3-4H3. The molecule has 1 heterocycles. The van der Waals surface area contributed by atoms with Gasteiger partial charge in [0.2, 0.25) is 0 Å². The zero-order valence-electron chi connectivity index (χ0n) is 8.67. The third-order valence-electron chi connectivity index (χ3n) is 2.39. The van der Waals surface area contributed by atoms with Crippen LogP contribution in [0.4, 0.5) is 0 Å². The van der Waals surface area contributed by atoms with E-state index in [9.17, 15) is 0 Å². The first-order valence-electron chi connectivity index (χ1n) is 4.81. The SMILES string of the molecule is C#CC(CCC)n1c(C)ccc1C. The number of aromatic nitrogens is 1. The largest absolute Gasteiger partial charge is 0.335 e. The van der Waals surface area contributed by atoms with E-state index in [0.717, 1.165) is 12.8 Å². The summed E-state index contributed by atoms with van der Waals surface area (Å²) in [6, 6.07) is 4.48. The Kier molecular flexibility index (Phi) is 3.19. The Bertz CT molecular complexity index is 295. The van der Waals surface area contributed by atoms with Crippen molar-refractivity contribution in [1.82, 2.24) is 4.57 Å². The summed E-state index contributed by atoms with van der Waals surface area (Å²) in [7, 11) is 0. The molecular weight excluding hydrogens is 158 g/mol. The number of nitrogens with zero attached hydrogens (tertiary/aromatic N) is 1. The van der Waals surface area contributed by atoms with Gasteiger partial charge in [0.25, 0.3) is 0 Å². The Morgan fingerprint density at radius 1 is 1.38 bits per heavy atom. The van der Waals surface area contributed by atoms with Gasteiger partial charge < -0.3 is 4.57 Å². The first kappa shape index (κ1) is 9.92. The summed E-state index contributed by atoms with van der Waals surface area (Å²) < 4.78 is 2.24. The molecule has 0 aliphatic heterocycles. The molecular formula is C12H17N. The lowest BCUT2D eigenvalue weighted by Crippen LogP contribution is -2.09. The zero-order valence-corrected chi connectivity index (χ0v) is 8.67. The van der Waals surface area contributed by atoms with Crippen LogP contribution in [0.15, 0.2) is 12.1 Å². The second kappa shape index (κ2) is 4.18. The summed E-state index contributed by atoms with van der Waals surface area (Å²) >= 11 is 0. The number of rotatable bonds is 3. The Hall–Kier alpha value is -1.16. The van der Waals surface area contributed by atoms with Crippen LogP contribution in [0.2, 0.25) is 0 Å². The van der Waals surface area contributed by atoms with E-state index in [1.54, 1.807) is 0 Å². The highest BCUT2D eigenvalue weighted by atomic mass is 15.0. The highest BCUT2D eigenvalue weighted by molar-refractivity contribution is 5.18. The topological polar surface area (TPSA) is 4.93 Å². The van der Waals surface area contributed by atoms with E-state index in [1.165, 1.54) is 11.4 Å². The van der Waals surface area contributed by atoms with E-state index < -0.39 is 0 Å². The fourth-order valence-electron chi connectivity index (χ4n) is 1.73. The van der Waals surface area contributed by atoms with Crippen LogP contribution in [0, 0.1) is 26.2 Å². The van der Waals surface area contributed by atoms with Crippen LogP contribution < -0.4 is 0 Å². The lowest BCUT2D eigenvalue weighted by atomic mass is 10.1. The summed E-state index contributed by atoms with van der Waals surface area (Å²) in [5.74, 6) is 2.85. The molecule has 1 unspecified atom stereocenters. The molecule has 0 aliphatic rings. The average Bonchev–Trinajstić information content (AvgIpc) is 2.43. The molecule has 0 saturated heterocycles. The third kappa shape index (κ3) is 1.95. The Balaban J connectivity index is 2.98. The number of aryl methyl sites for hydroxylation is 2. The Labute approximate surface area is 80.8 Å². The van der Waals surface area contributed by atoms with Gasteiger partial charge in [0, 0.05) is 11.4 Å². The molecule has 1 aromatic rings. The second-order valence-corrected chi connectivity index (χ2v) is 3.46. The van der Waals surface area contributed by atoms with Gasteiger partial charge in [0.1, 0.15) is 0 Å². The van der Waals surface area contributed by atoms with Gasteiger partial charge in [-0.25, -0.2) is 0 Å². The van der Waals surface area contributed by atoms with E-state index in [0.29, 0.717) is 0 Å². The molecule has 1 aromatic heterocycles. The van der Waals surface area contributed by atoms with E-state index >= 15 is 0 Å². The minimum atomic E-state index is 0.236. The van der Waals surface area contributed by atoms with Crippen LogP contribution in [-0.2, 0) is 0 Å². The molecule has 70 valence electrons. The van der Waals surface area contributed by atoms with Crippen LogP contribution in [0.25, 0.3) is 0 Å². The summed E-state index contributed by atoms with van der Waals surface area (Å²) in [6.45, 7) is 6.37. The maximum Gasteiger partial charge on any atom is 0.0943 e. The van der Waals surface area contributed by atoms with Gasteiger partial charge in [-0.1, -0.05) is 19.3 Å². The third-order valence-corrected chi connectivity index (χ3v) is 2.39.